The van der Waals surface area contributed by atoms with Gasteiger partial charge in [0.25, 0.3) is 0 Å². The van der Waals surface area contributed by atoms with Gasteiger partial charge in [0.05, 0.1) is 7.11 Å². The maximum absolute atomic E-state index is 11.6. The number of rotatable bonds is 7. The number of nitrogens with one attached hydrogen (secondary N) is 1. The summed E-state index contributed by atoms with van der Waals surface area (Å²) in [7, 11) is 1.43. The van der Waals surface area contributed by atoms with Gasteiger partial charge in [0.15, 0.2) is 0 Å². The highest BCUT2D eigenvalue weighted by Gasteiger charge is 2.19. The van der Waals surface area contributed by atoms with Gasteiger partial charge in [-0.1, -0.05) is 13.8 Å². The predicted octanol–water partition coefficient (Wildman–Crippen LogP) is 1.37. The van der Waals surface area contributed by atoms with Crippen molar-refractivity contribution in [1.29, 1.82) is 0 Å². The summed E-state index contributed by atoms with van der Waals surface area (Å²) in [5, 5.41) is 3.24. The lowest BCUT2D eigenvalue weighted by molar-refractivity contribution is -0.143. The molecule has 0 fully saturated rings. The number of imidazole rings is 1. The number of esters is 1. The summed E-state index contributed by atoms with van der Waals surface area (Å²) in [6.45, 7) is 7.68. The minimum Gasteiger partial charge on any atom is -0.468 e. The van der Waals surface area contributed by atoms with Gasteiger partial charge >= 0.3 is 5.97 Å². The highest BCUT2D eigenvalue weighted by Crippen LogP contribution is 2.06. The number of hydrogen-bond donors (Lipinski definition) is 1. The predicted molar refractivity (Wildman–Crippen MR) is 70.2 cm³/mol. The topological polar surface area (TPSA) is 56.1 Å². The van der Waals surface area contributed by atoms with Crippen molar-refractivity contribution in [3.63, 3.8) is 0 Å². The molecule has 18 heavy (non-hydrogen) atoms. The fraction of sp³-hybridized carbons (Fsp3) is 0.692. The molecule has 0 aliphatic heterocycles. The smallest absolute Gasteiger partial charge is 0.322 e. The number of methoxy groups -OCH3 is 1. The van der Waals surface area contributed by atoms with Gasteiger partial charge in [-0.3, -0.25) is 4.79 Å². The third-order valence-electron chi connectivity index (χ3n) is 2.86. The molecular weight excluding hydrogens is 230 g/mol. The molecule has 0 spiro atoms. The van der Waals surface area contributed by atoms with Crippen molar-refractivity contribution in [2.24, 2.45) is 5.92 Å². The Morgan fingerprint density at radius 2 is 2.28 bits per heavy atom. The molecular formula is C13H23N3O2. The molecule has 102 valence electrons. The van der Waals surface area contributed by atoms with Crippen molar-refractivity contribution in [3.05, 3.63) is 18.2 Å². The standard InChI is InChI=1S/C13H23N3O2/c1-10(2)9-12(13(17)18-4)15-6-8-16-7-5-14-11(16)3/h5,7,10,12,15H,6,8-9H2,1-4H3. The first kappa shape index (κ1) is 14.7. The third kappa shape index (κ3) is 4.49. The van der Waals surface area contributed by atoms with Crippen LogP contribution in [0.15, 0.2) is 12.4 Å². The van der Waals surface area contributed by atoms with E-state index < -0.39 is 0 Å². The average Bonchev–Trinajstić information content (AvgIpc) is 2.72. The fourth-order valence-electron chi connectivity index (χ4n) is 1.88. The largest absolute Gasteiger partial charge is 0.468 e. The lowest BCUT2D eigenvalue weighted by atomic mass is 10.0. The fourth-order valence-corrected chi connectivity index (χ4v) is 1.88. The van der Waals surface area contributed by atoms with Crippen LogP contribution in [0.4, 0.5) is 0 Å². The molecule has 1 aromatic heterocycles. The van der Waals surface area contributed by atoms with Gasteiger partial charge in [0.2, 0.25) is 0 Å². The van der Waals surface area contributed by atoms with Crippen LogP contribution in [0, 0.1) is 12.8 Å². The van der Waals surface area contributed by atoms with Crippen LogP contribution in [0.25, 0.3) is 0 Å². The SMILES string of the molecule is COC(=O)C(CC(C)C)NCCn1ccnc1C. The lowest BCUT2D eigenvalue weighted by Gasteiger charge is -2.18. The molecule has 1 N–H and O–H groups in total. The van der Waals surface area contributed by atoms with Crippen LogP contribution in [0.2, 0.25) is 0 Å². The van der Waals surface area contributed by atoms with E-state index in [0.29, 0.717) is 5.92 Å². The van der Waals surface area contributed by atoms with Gasteiger partial charge in [-0.25, -0.2) is 4.98 Å². The lowest BCUT2D eigenvalue weighted by Crippen LogP contribution is -2.40. The van der Waals surface area contributed by atoms with Crippen molar-refractivity contribution in [3.8, 4) is 0 Å². The zero-order valence-electron chi connectivity index (χ0n) is 11.6. The molecule has 1 aromatic rings. The second-order valence-electron chi connectivity index (χ2n) is 4.83. The summed E-state index contributed by atoms with van der Waals surface area (Å²) < 4.78 is 6.86. The summed E-state index contributed by atoms with van der Waals surface area (Å²) in [5.41, 5.74) is 0. The van der Waals surface area contributed by atoms with Gasteiger partial charge in [-0.15, -0.1) is 0 Å². The number of aromatic nitrogens is 2. The summed E-state index contributed by atoms with van der Waals surface area (Å²) in [6.07, 6.45) is 4.50. The molecule has 1 atom stereocenters. The van der Waals surface area contributed by atoms with Crippen LogP contribution in [0.1, 0.15) is 26.1 Å². The Hall–Kier alpha value is -1.36. The molecule has 5 heteroatoms. The van der Waals surface area contributed by atoms with Crippen molar-refractivity contribution < 1.29 is 9.53 Å². The Morgan fingerprint density at radius 1 is 1.56 bits per heavy atom. The molecule has 0 aromatic carbocycles. The molecule has 0 bridgehead atoms. The van der Waals surface area contributed by atoms with Gasteiger partial charge in [-0.05, 0) is 19.3 Å². The summed E-state index contributed by atoms with van der Waals surface area (Å²) >= 11 is 0. The number of ether oxygens (including phenoxy) is 1. The van der Waals surface area contributed by atoms with E-state index in [2.05, 4.69) is 28.7 Å². The second-order valence-corrected chi connectivity index (χ2v) is 4.83. The minimum absolute atomic E-state index is 0.189. The van der Waals surface area contributed by atoms with E-state index >= 15 is 0 Å². The van der Waals surface area contributed by atoms with E-state index in [1.807, 2.05) is 13.1 Å². The van der Waals surface area contributed by atoms with E-state index in [-0.39, 0.29) is 12.0 Å². The molecule has 0 saturated carbocycles. The summed E-state index contributed by atoms with van der Waals surface area (Å²) in [4.78, 5) is 15.8. The van der Waals surface area contributed by atoms with E-state index in [1.165, 1.54) is 7.11 Å². The average molecular weight is 253 g/mol. The molecule has 5 nitrogen and oxygen atoms in total. The number of carbonyl (C=O) groups is 1. The Bertz CT molecular complexity index is 374. The molecule has 0 amide bonds. The molecule has 1 rings (SSSR count). The van der Waals surface area contributed by atoms with Crippen LogP contribution in [0.5, 0.6) is 0 Å². The van der Waals surface area contributed by atoms with Crippen LogP contribution in [0.3, 0.4) is 0 Å². The molecule has 0 aliphatic rings. The van der Waals surface area contributed by atoms with Crippen LogP contribution in [-0.4, -0.2) is 35.2 Å². The Morgan fingerprint density at radius 3 is 2.78 bits per heavy atom. The zero-order chi connectivity index (χ0) is 13.5. The monoisotopic (exact) mass is 253 g/mol. The zero-order valence-corrected chi connectivity index (χ0v) is 11.6. The van der Waals surface area contributed by atoms with E-state index in [1.54, 1.807) is 6.20 Å². The summed E-state index contributed by atoms with van der Waals surface area (Å²) in [5.74, 6) is 1.25. The maximum Gasteiger partial charge on any atom is 0.322 e. The van der Waals surface area contributed by atoms with Gasteiger partial charge in [-0.2, -0.15) is 0 Å². The first-order chi connectivity index (χ1) is 8.54. The maximum atomic E-state index is 11.6. The van der Waals surface area contributed by atoms with Crippen molar-refractivity contribution in [2.45, 2.75) is 39.8 Å². The first-order valence-corrected chi connectivity index (χ1v) is 6.33. The van der Waals surface area contributed by atoms with Gasteiger partial charge < -0.3 is 14.6 Å². The number of nitrogens with zero attached hydrogens (tertiary/aromatic N) is 2. The highest BCUT2D eigenvalue weighted by atomic mass is 16.5. The number of hydrogen-bond acceptors (Lipinski definition) is 4. The Balaban J connectivity index is 2.42. The number of aryl methyl sites for hydroxylation is 1. The molecule has 0 radical (unpaired) electrons. The summed E-state index contributed by atoms with van der Waals surface area (Å²) in [6, 6.07) is -0.223. The van der Waals surface area contributed by atoms with Crippen LogP contribution in [-0.2, 0) is 16.1 Å². The van der Waals surface area contributed by atoms with E-state index in [0.717, 1.165) is 25.3 Å². The van der Waals surface area contributed by atoms with E-state index in [9.17, 15) is 4.79 Å². The molecule has 0 aliphatic carbocycles. The van der Waals surface area contributed by atoms with E-state index in [4.69, 9.17) is 4.74 Å². The van der Waals surface area contributed by atoms with Gasteiger partial charge in [0.1, 0.15) is 11.9 Å². The van der Waals surface area contributed by atoms with Crippen LogP contribution >= 0.6 is 0 Å². The normalized spacial score (nSPS) is 12.7. The number of carbonyl (C=O) groups excluding carboxylic acids is 1. The van der Waals surface area contributed by atoms with Crippen molar-refractivity contribution in [1.82, 2.24) is 14.9 Å². The first-order valence-electron chi connectivity index (χ1n) is 6.33. The van der Waals surface area contributed by atoms with Crippen molar-refractivity contribution >= 4 is 5.97 Å². The molecule has 1 unspecified atom stereocenters. The quantitative estimate of drug-likeness (QED) is 0.746. The van der Waals surface area contributed by atoms with Crippen molar-refractivity contribution in [2.75, 3.05) is 13.7 Å². The van der Waals surface area contributed by atoms with Gasteiger partial charge in [0, 0.05) is 25.5 Å². The van der Waals surface area contributed by atoms with Crippen LogP contribution < -0.4 is 5.32 Å². The minimum atomic E-state index is -0.223. The molecule has 1 heterocycles. The molecule has 0 saturated heterocycles. The third-order valence-corrected chi connectivity index (χ3v) is 2.86. The Kier molecular flexibility index (Phi) is 5.85. The second kappa shape index (κ2) is 7.16. The highest BCUT2D eigenvalue weighted by molar-refractivity contribution is 5.75. The Labute approximate surface area is 109 Å².